The Labute approximate surface area is 123 Å². The van der Waals surface area contributed by atoms with Crippen molar-refractivity contribution in [1.82, 2.24) is 20.8 Å². The normalized spacial score (nSPS) is 25.0. The van der Waals surface area contributed by atoms with Crippen molar-refractivity contribution in [3.8, 4) is 0 Å². The molecular formula is C14H22N4O3. The van der Waals surface area contributed by atoms with Crippen molar-refractivity contribution < 1.29 is 14.1 Å². The predicted octanol–water partition coefficient (Wildman–Crippen LogP) is 0.506. The van der Waals surface area contributed by atoms with E-state index in [-0.39, 0.29) is 11.9 Å². The van der Waals surface area contributed by atoms with Gasteiger partial charge in [-0.2, -0.15) is 4.98 Å². The number of amides is 1. The summed E-state index contributed by atoms with van der Waals surface area (Å²) in [7, 11) is 0. The van der Waals surface area contributed by atoms with Crippen molar-refractivity contribution in [3.63, 3.8) is 0 Å². The van der Waals surface area contributed by atoms with Crippen molar-refractivity contribution in [2.75, 3.05) is 19.7 Å². The largest absolute Gasteiger partial charge is 0.367 e. The highest BCUT2D eigenvalue weighted by Gasteiger charge is 2.41. The van der Waals surface area contributed by atoms with Gasteiger partial charge in [-0.1, -0.05) is 5.16 Å². The van der Waals surface area contributed by atoms with Crippen LogP contribution in [0.3, 0.4) is 0 Å². The van der Waals surface area contributed by atoms with Gasteiger partial charge in [-0.3, -0.25) is 4.79 Å². The Kier molecular flexibility index (Phi) is 4.21. The number of ether oxygens (including phenoxy) is 1. The zero-order valence-electron chi connectivity index (χ0n) is 12.4. The summed E-state index contributed by atoms with van der Waals surface area (Å²) in [5.41, 5.74) is -0.390. The van der Waals surface area contributed by atoms with Crippen molar-refractivity contribution >= 4 is 5.91 Å². The third-order valence-corrected chi connectivity index (χ3v) is 4.22. The number of nitrogens with zero attached hydrogens (tertiary/aromatic N) is 2. The van der Waals surface area contributed by atoms with Crippen LogP contribution >= 0.6 is 0 Å². The molecule has 1 aromatic rings. The second kappa shape index (κ2) is 6.11. The van der Waals surface area contributed by atoms with E-state index in [9.17, 15) is 4.79 Å². The minimum Gasteiger partial charge on any atom is -0.367 e. The highest BCUT2D eigenvalue weighted by molar-refractivity contribution is 5.82. The predicted molar refractivity (Wildman–Crippen MR) is 74.6 cm³/mol. The molecule has 2 aliphatic rings. The molecule has 7 nitrogen and oxygen atoms in total. The van der Waals surface area contributed by atoms with Gasteiger partial charge in [0, 0.05) is 19.7 Å². The Morgan fingerprint density at radius 3 is 2.90 bits per heavy atom. The van der Waals surface area contributed by atoms with E-state index in [1.54, 1.807) is 0 Å². The topological polar surface area (TPSA) is 89.3 Å². The van der Waals surface area contributed by atoms with E-state index in [0.717, 1.165) is 32.2 Å². The van der Waals surface area contributed by atoms with Gasteiger partial charge in [0.1, 0.15) is 5.60 Å². The van der Waals surface area contributed by atoms with Gasteiger partial charge in [-0.15, -0.1) is 0 Å². The van der Waals surface area contributed by atoms with E-state index in [1.807, 2.05) is 6.92 Å². The van der Waals surface area contributed by atoms with E-state index in [4.69, 9.17) is 9.26 Å². The summed E-state index contributed by atoms with van der Waals surface area (Å²) < 4.78 is 11.3. The fourth-order valence-corrected chi connectivity index (χ4v) is 3.17. The van der Waals surface area contributed by atoms with Crippen molar-refractivity contribution in [2.45, 2.75) is 50.7 Å². The van der Waals surface area contributed by atoms with Crippen LogP contribution in [0.2, 0.25) is 0 Å². The van der Waals surface area contributed by atoms with Crippen LogP contribution in [-0.2, 0) is 21.6 Å². The van der Waals surface area contributed by atoms with Gasteiger partial charge in [0.05, 0.1) is 12.5 Å². The SMILES string of the molecule is CCOC1(c2noc(CC3NCCNC3=O)n2)CCCC1. The highest BCUT2D eigenvalue weighted by Crippen LogP contribution is 2.40. The molecule has 1 aliphatic heterocycles. The molecule has 7 heteroatoms. The number of piperazine rings is 1. The number of hydrogen-bond donors (Lipinski definition) is 2. The zero-order valence-corrected chi connectivity index (χ0v) is 12.4. The first-order valence-corrected chi connectivity index (χ1v) is 7.71. The van der Waals surface area contributed by atoms with Crippen LogP contribution in [-0.4, -0.2) is 41.8 Å². The summed E-state index contributed by atoms with van der Waals surface area (Å²) in [6.07, 6.45) is 4.53. The molecule has 2 heterocycles. The number of aromatic nitrogens is 2. The van der Waals surface area contributed by atoms with Crippen LogP contribution in [0.5, 0.6) is 0 Å². The van der Waals surface area contributed by atoms with Crippen LogP contribution in [0, 0.1) is 0 Å². The van der Waals surface area contributed by atoms with Crippen LogP contribution in [0.4, 0.5) is 0 Å². The Hall–Kier alpha value is -1.47. The molecule has 1 atom stereocenters. The molecule has 1 aromatic heterocycles. The highest BCUT2D eigenvalue weighted by atomic mass is 16.5. The van der Waals surface area contributed by atoms with Gasteiger partial charge in [0.25, 0.3) is 0 Å². The third kappa shape index (κ3) is 2.94. The van der Waals surface area contributed by atoms with E-state index >= 15 is 0 Å². The van der Waals surface area contributed by atoms with Gasteiger partial charge in [-0.05, 0) is 32.6 Å². The number of hydrogen-bond acceptors (Lipinski definition) is 6. The minimum atomic E-state index is -0.390. The lowest BCUT2D eigenvalue weighted by atomic mass is 10.0. The molecule has 1 unspecified atom stereocenters. The molecular weight excluding hydrogens is 272 g/mol. The van der Waals surface area contributed by atoms with E-state index in [1.165, 1.54) is 0 Å². The summed E-state index contributed by atoms with van der Waals surface area (Å²) in [4.78, 5) is 16.2. The maximum absolute atomic E-state index is 11.7. The summed E-state index contributed by atoms with van der Waals surface area (Å²) in [6, 6.07) is -0.293. The lowest BCUT2D eigenvalue weighted by Crippen LogP contribution is -2.53. The first-order chi connectivity index (χ1) is 10.2. The van der Waals surface area contributed by atoms with Gasteiger partial charge < -0.3 is 19.9 Å². The first-order valence-electron chi connectivity index (χ1n) is 7.71. The maximum Gasteiger partial charge on any atom is 0.237 e. The molecule has 0 spiro atoms. The molecule has 2 fully saturated rings. The monoisotopic (exact) mass is 294 g/mol. The standard InChI is InChI=1S/C14H22N4O3/c1-2-20-14(5-3-4-6-14)13-17-11(21-18-13)9-10-12(19)16-8-7-15-10/h10,15H,2-9H2,1H3,(H,16,19). The van der Waals surface area contributed by atoms with Crippen LogP contribution in [0.15, 0.2) is 4.52 Å². The molecule has 0 bridgehead atoms. The molecule has 21 heavy (non-hydrogen) atoms. The maximum atomic E-state index is 11.7. The second-order valence-corrected chi connectivity index (χ2v) is 5.65. The van der Waals surface area contributed by atoms with Crippen molar-refractivity contribution in [3.05, 3.63) is 11.7 Å². The zero-order chi connectivity index (χ0) is 14.7. The van der Waals surface area contributed by atoms with Gasteiger partial charge in [-0.25, -0.2) is 0 Å². The molecule has 1 saturated heterocycles. The van der Waals surface area contributed by atoms with Gasteiger partial charge in [0.15, 0.2) is 0 Å². The van der Waals surface area contributed by atoms with Crippen molar-refractivity contribution in [1.29, 1.82) is 0 Å². The van der Waals surface area contributed by atoms with Gasteiger partial charge >= 0.3 is 0 Å². The van der Waals surface area contributed by atoms with Crippen molar-refractivity contribution in [2.24, 2.45) is 0 Å². The molecule has 1 saturated carbocycles. The molecule has 0 aromatic carbocycles. The quantitative estimate of drug-likeness (QED) is 0.822. The fraction of sp³-hybridized carbons (Fsp3) is 0.786. The number of rotatable bonds is 5. The average molecular weight is 294 g/mol. The summed E-state index contributed by atoms with van der Waals surface area (Å²) in [6.45, 7) is 4.05. The summed E-state index contributed by atoms with van der Waals surface area (Å²) in [5, 5.41) is 10.1. The number of carbonyl (C=O) groups excluding carboxylic acids is 1. The summed E-state index contributed by atoms with van der Waals surface area (Å²) in [5.74, 6) is 1.11. The lowest BCUT2D eigenvalue weighted by Gasteiger charge is -2.24. The van der Waals surface area contributed by atoms with E-state index in [2.05, 4.69) is 20.8 Å². The molecule has 0 radical (unpaired) electrons. The number of nitrogens with one attached hydrogen (secondary N) is 2. The second-order valence-electron chi connectivity index (χ2n) is 5.65. The molecule has 116 valence electrons. The van der Waals surface area contributed by atoms with Crippen LogP contribution in [0.25, 0.3) is 0 Å². The lowest BCUT2D eigenvalue weighted by molar-refractivity contribution is -0.124. The Balaban J connectivity index is 1.71. The molecule has 1 amide bonds. The molecule has 2 N–H and O–H groups in total. The molecule has 1 aliphatic carbocycles. The number of carbonyl (C=O) groups is 1. The Morgan fingerprint density at radius 2 is 2.19 bits per heavy atom. The summed E-state index contributed by atoms with van der Waals surface area (Å²) >= 11 is 0. The minimum absolute atomic E-state index is 0.0126. The van der Waals surface area contributed by atoms with Gasteiger partial charge in [0.2, 0.25) is 17.6 Å². The Morgan fingerprint density at radius 1 is 1.38 bits per heavy atom. The van der Waals surface area contributed by atoms with Crippen LogP contribution < -0.4 is 10.6 Å². The van der Waals surface area contributed by atoms with E-state index < -0.39 is 5.60 Å². The van der Waals surface area contributed by atoms with E-state index in [0.29, 0.717) is 31.3 Å². The average Bonchev–Trinajstić information content (AvgIpc) is 3.12. The Bertz CT molecular complexity index is 496. The fourth-order valence-electron chi connectivity index (χ4n) is 3.17. The third-order valence-electron chi connectivity index (χ3n) is 4.22. The first kappa shape index (κ1) is 14.5. The molecule has 3 rings (SSSR count). The van der Waals surface area contributed by atoms with Crippen LogP contribution in [0.1, 0.15) is 44.3 Å². The smallest absolute Gasteiger partial charge is 0.237 e.